The molecular weight excluding hydrogens is 293 g/mol. The number of halogens is 3. The van der Waals surface area contributed by atoms with Crippen LogP contribution in [0.25, 0.3) is 0 Å². The van der Waals surface area contributed by atoms with E-state index in [2.05, 4.69) is 5.32 Å². The molecule has 1 heterocycles. The highest BCUT2D eigenvalue weighted by Crippen LogP contribution is 2.22. The lowest BCUT2D eigenvalue weighted by atomic mass is 10.00. The molecule has 122 valence electrons. The van der Waals surface area contributed by atoms with Gasteiger partial charge in [0.2, 0.25) is 0 Å². The number of hydrogen-bond acceptors (Lipinski definition) is 3. The number of carbonyl (C=O) groups is 2. The Morgan fingerprint density at radius 1 is 1.43 bits per heavy atom. The minimum Gasteiger partial charge on any atom is -0.480 e. The van der Waals surface area contributed by atoms with E-state index in [1.165, 1.54) is 0 Å². The molecule has 1 rings (SSSR count). The second kappa shape index (κ2) is 7.48. The summed E-state index contributed by atoms with van der Waals surface area (Å²) in [6, 6.07) is -1.03. The number of carboxylic acids is 1. The van der Waals surface area contributed by atoms with E-state index in [4.69, 9.17) is 9.84 Å². The van der Waals surface area contributed by atoms with Gasteiger partial charge in [0.1, 0.15) is 13.1 Å². The molecule has 1 saturated heterocycles. The fraction of sp³-hybridized carbons (Fsp3) is 0.833. The maximum atomic E-state index is 12.3. The summed E-state index contributed by atoms with van der Waals surface area (Å²) >= 11 is 0. The number of ether oxygens (including phenoxy) is 1. The van der Waals surface area contributed by atoms with Crippen molar-refractivity contribution in [3.63, 3.8) is 0 Å². The van der Waals surface area contributed by atoms with Gasteiger partial charge < -0.3 is 20.1 Å². The lowest BCUT2D eigenvalue weighted by molar-refractivity contribution is -0.149. The molecule has 0 aliphatic carbocycles. The van der Waals surface area contributed by atoms with Crippen LogP contribution in [-0.4, -0.2) is 60.5 Å². The first kappa shape index (κ1) is 17.5. The number of amides is 2. The zero-order valence-electron chi connectivity index (χ0n) is 11.7. The average Bonchev–Trinajstić information content (AvgIpc) is 2.80. The average molecular weight is 312 g/mol. The van der Waals surface area contributed by atoms with Gasteiger partial charge in [0, 0.05) is 19.1 Å². The van der Waals surface area contributed by atoms with E-state index >= 15 is 0 Å². The third-order valence-corrected chi connectivity index (χ3v) is 3.25. The van der Waals surface area contributed by atoms with Crippen LogP contribution in [0.4, 0.5) is 18.0 Å². The van der Waals surface area contributed by atoms with Gasteiger partial charge in [-0.25, -0.2) is 4.79 Å². The van der Waals surface area contributed by atoms with E-state index in [1.807, 2.05) is 6.92 Å². The zero-order valence-corrected chi connectivity index (χ0v) is 11.7. The number of nitrogens with zero attached hydrogens (tertiary/aromatic N) is 1. The monoisotopic (exact) mass is 312 g/mol. The molecule has 0 aromatic heterocycles. The van der Waals surface area contributed by atoms with Gasteiger partial charge in [0.25, 0.3) is 0 Å². The number of alkyl halides is 3. The van der Waals surface area contributed by atoms with Crippen LogP contribution in [0.3, 0.4) is 0 Å². The van der Waals surface area contributed by atoms with Crippen LogP contribution in [0.2, 0.25) is 0 Å². The molecule has 9 heteroatoms. The Kier molecular flexibility index (Phi) is 6.25. The van der Waals surface area contributed by atoms with Crippen LogP contribution in [0, 0.1) is 5.92 Å². The van der Waals surface area contributed by atoms with Gasteiger partial charge in [-0.2, -0.15) is 13.2 Å². The molecule has 0 radical (unpaired) electrons. The molecule has 0 saturated carbocycles. The Bertz CT molecular complexity index is 376. The molecule has 1 aliphatic rings. The Labute approximate surface area is 120 Å². The SMILES string of the molecule is CCC1OCCC1CNC(=O)N(CC(=O)O)CC(F)(F)F. The van der Waals surface area contributed by atoms with Crippen LogP contribution >= 0.6 is 0 Å². The van der Waals surface area contributed by atoms with Crippen molar-refractivity contribution in [2.45, 2.75) is 32.0 Å². The summed E-state index contributed by atoms with van der Waals surface area (Å²) < 4.78 is 42.4. The standard InChI is InChI=1S/C12H19F3N2O4/c1-2-9-8(3-4-21-9)5-16-11(20)17(6-10(18)19)7-12(13,14)15/h8-9H,2-7H2,1H3,(H,16,20)(H,18,19). The number of nitrogens with one attached hydrogen (secondary N) is 1. The molecule has 21 heavy (non-hydrogen) atoms. The summed E-state index contributed by atoms with van der Waals surface area (Å²) in [4.78, 5) is 22.5. The number of urea groups is 1. The molecule has 0 spiro atoms. The summed E-state index contributed by atoms with van der Waals surface area (Å²) in [5.74, 6) is -1.46. The third kappa shape index (κ3) is 6.19. The first-order valence-electron chi connectivity index (χ1n) is 6.66. The lowest BCUT2D eigenvalue weighted by Crippen LogP contribution is -2.48. The van der Waals surface area contributed by atoms with Crippen LogP contribution in [-0.2, 0) is 9.53 Å². The van der Waals surface area contributed by atoms with Gasteiger partial charge in [-0.1, -0.05) is 6.92 Å². The van der Waals surface area contributed by atoms with Crippen LogP contribution in [0.15, 0.2) is 0 Å². The molecule has 2 atom stereocenters. The predicted octanol–water partition coefficient (Wildman–Crippen LogP) is 1.46. The number of rotatable bonds is 6. The van der Waals surface area contributed by atoms with Gasteiger partial charge in [0.05, 0.1) is 6.10 Å². The molecule has 1 fully saturated rings. The lowest BCUT2D eigenvalue weighted by Gasteiger charge is -2.24. The highest BCUT2D eigenvalue weighted by Gasteiger charge is 2.34. The molecule has 0 aromatic rings. The van der Waals surface area contributed by atoms with Crippen LogP contribution < -0.4 is 5.32 Å². The van der Waals surface area contributed by atoms with Crippen LogP contribution in [0.1, 0.15) is 19.8 Å². The Morgan fingerprint density at radius 3 is 2.62 bits per heavy atom. The van der Waals surface area contributed by atoms with Gasteiger partial charge in [-0.05, 0) is 12.8 Å². The molecule has 0 bridgehead atoms. The van der Waals surface area contributed by atoms with E-state index in [9.17, 15) is 22.8 Å². The summed E-state index contributed by atoms with van der Waals surface area (Å²) in [6.07, 6.45) is -3.20. The highest BCUT2D eigenvalue weighted by atomic mass is 19.4. The van der Waals surface area contributed by atoms with E-state index in [0.29, 0.717) is 6.61 Å². The van der Waals surface area contributed by atoms with Crippen molar-refractivity contribution >= 4 is 12.0 Å². The van der Waals surface area contributed by atoms with Crippen molar-refractivity contribution in [2.24, 2.45) is 5.92 Å². The van der Waals surface area contributed by atoms with Crippen molar-refractivity contribution in [2.75, 3.05) is 26.2 Å². The van der Waals surface area contributed by atoms with E-state index < -0.39 is 31.3 Å². The Morgan fingerprint density at radius 2 is 2.10 bits per heavy atom. The quantitative estimate of drug-likeness (QED) is 0.778. The Balaban J connectivity index is 2.53. The first-order chi connectivity index (χ1) is 9.73. The second-order valence-corrected chi connectivity index (χ2v) is 4.92. The van der Waals surface area contributed by atoms with E-state index in [0.717, 1.165) is 12.8 Å². The number of hydrogen-bond donors (Lipinski definition) is 2. The van der Waals surface area contributed by atoms with Gasteiger partial charge in [-0.15, -0.1) is 0 Å². The fourth-order valence-electron chi connectivity index (χ4n) is 2.29. The Hall–Kier alpha value is -1.51. The minimum absolute atomic E-state index is 0.0270. The maximum absolute atomic E-state index is 12.3. The molecule has 6 nitrogen and oxygen atoms in total. The molecule has 2 N–H and O–H groups in total. The topological polar surface area (TPSA) is 78.9 Å². The molecule has 2 amide bonds. The normalized spacial score (nSPS) is 22.1. The summed E-state index contributed by atoms with van der Waals surface area (Å²) in [5, 5.41) is 10.9. The first-order valence-corrected chi connectivity index (χ1v) is 6.66. The largest absolute Gasteiger partial charge is 0.480 e. The summed E-state index contributed by atoms with van der Waals surface area (Å²) in [6.45, 7) is 0.0597. The van der Waals surface area contributed by atoms with Gasteiger partial charge >= 0.3 is 18.2 Å². The van der Waals surface area contributed by atoms with E-state index in [-0.39, 0.29) is 23.5 Å². The summed E-state index contributed by atoms with van der Waals surface area (Å²) in [5.41, 5.74) is 0. The van der Waals surface area contributed by atoms with Crippen molar-refractivity contribution < 1.29 is 32.6 Å². The molecule has 0 aromatic carbocycles. The summed E-state index contributed by atoms with van der Waals surface area (Å²) in [7, 11) is 0. The predicted molar refractivity (Wildman–Crippen MR) is 66.8 cm³/mol. The number of aliphatic carboxylic acids is 1. The maximum Gasteiger partial charge on any atom is 0.406 e. The number of carboxylic acid groups (broad SMARTS) is 1. The van der Waals surface area contributed by atoms with Crippen molar-refractivity contribution in [3.05, 3.63) is 0 Å². The smallest absolute Gasteiger partial charge is 0.406 e. The van der Waals surface area contributed by atoms with Crippen molar-refractivity contribution in [1.29, 1.82) is 0 Å². The molecular formula is C12H19F3N2O4. The van der Waals surface area contributed by atoms with Crippen molar-refractivity contribution in [1.82, 2.24) is 10.2 Å². The zero-order chi connectivity index (χ0) is 16.0. The van der Waals surface area contributed by atoms with Crippen LogP contribution in [0.5, 0.6) is 0 Å². The number of carbonyl (C=O) groups excluding carboxylic acids is 1. The molecule has 1 aliphatic heterocycles. The van der Waals surface area contributed by atoms with Gasteiger partial charge in [-0.3, -0.25) is 4.79 Å². The third-order valence-electron chi connectivity index (χ3n) is 3.25. The van der Waals surface area contributed by atoms with Crippen molar-refractivity contribution in [3.8, 4) is 0 Å². The van der Waals surface area contributed by atoms with Gasteiger partial charge in [0.15, 0.2) is 0 Å². The minimum atomic E-state index is -4.64. The van der Waals surface area contributed by atoms with E-state index in [1.54, 1.807) is 0 Å². The molecule has 2 unspecified atom stereocenters. The second-order valence-electron chi connectivity index (χ2n) is 4.92. The highest BCUT2D eigenvalue weighted by molar-refractivity contribution is 5.80. The fourth-order valence-corrected chi connectivity index (χ4v) is 2.29.